The second kappa shape index (κ2) is 27.8. The highest BCUT2D eigenvalue weighted by Gasteiger charge is 2.46. The number of nitrogen functional groups attached to an aromatic ring is 4. The van der Waals surface area contributed by atoms with Crippen LogP contribution < -0.4 is 33.8 Å². The van der Waals surface area contributed by atoms with E-state index in [1.807, 2.05) is 0 Å². The predicted molar refractivity (Wildman–Crippen MR) is 293 cm³/mol. The molecule has 468 valence electrons. The monoisotopic (exact) mass is 1220 g/mol. The first-order valence-electron chi connectivity index (χ1n) is 25.4. The van der Waals surface area contributed by atoms with E-state index in [-0.39, 0.29) is 102 Å². The van der Waals surface area contributed by atoms with Crippen molar-refractivity contribution in [1.29, 1.82) is 0 Å². The summed E-state index contributed by atoms with van der Waals surface area (Å²) in [5.74, 6) is 3.23. The first-order valence-corrected chi connectivity index (χ1v) is 25.4. The number of aliphatic hydroxyl groups excluding tert-OH is 9. The fraction of sp³-hybridized carbons (Fsp3) is 0.447. The number of carbonyl (C=O) groups excluding carboxylic acids is 5. The van der Waals surface area contributed by atoms with Gasteiger partial charge >= 0.3 is 5.97 Å². The Bertz CT molecular complexity index is 3720. The maximum absolute atomic E-state index is 11.7. The topological polar surface area (TPSA) is 599 Å². The number of aliphatic hydroxyl groups is 9. The maximum atomic E-state index is 11.7. The lowest BCUT2D eigenvalue weighted by Gasteiger charge is -2.16. The molecular weight excluding hydrogens is 1160 g/mol. The number of esters is 1. The Hall–Kier alpha value is -9.30. The highest BCUT2D eigenvalue weighted by Crippen LogP contribution is 2.35. The number of aldehydes is 2. The Morgan fingerprint density at radius 3 is 1.33 bits per heavy atom. The predicted octanol–water partition coefficient (Wildman–Crippen LogP) is -6.52. The van der Waals surface area contributed by atoms with Crippen LogP contribution in [0, 0.1) is 5.92 Å². The number of nitrogens with zero attached hydrogens (tertiary/aromatic N) is 16. The summed E-state index contributed by atoms with van der Waals surface area (Å²) in [6.45, 7) is 1.86. The van der Waals surface area contributed by atoms with Gasteiger partial charge in [0.15, 0.2) is 64.8 Å². The van der Waals surface area contributed by atoms with Gasteiger partial charge in [-0.15, -0.1) is 0 Å². The number of Topliss-reactive ketones (excluding diaryl/α,β-unsaturated/α-hetero) is 1. The molecule has 40 heteroatoms. The zero-order valence-electron chi connectivity index (χ0n) is 45.2. The van der Waals surface area contributed by atoms with Crippen molar-refractivity contribution in [3.05, 3.63) is 54.9 Å². The van der Waals surface area contributed by atoms with Crippen molar-refractivity contribution in [3.8, 4) is 11.9 Å². The molecule has 3 saturated heterocycles. The number of anilines is 4. The highest BCUT2D eigenvalue weighted by molar-refractivity contribution is 6.02. The molecule has 3 aliphatic rings. The minimum Gasteiger partial charge on any atom is -0.465 e. The largest absolute Gasteiger partial charge is 0.465 e. The fourth-order valence-electron chi connectivity index (χ4n) is 8.64. The Morgan fingerprint density at radius 2 is 1.00 bits per heavy atom. The molecule has 87 heavy (non-hydrogen) atoms. The van der Waals surface area contributed by atoms with E-state index in [2.05, 4.69) is 70.5 Å². The Morgan fingerprint density at radius 1 is 0.621 bits per heavy atom. The van der Waals surface area contributed by atoms with Gasteiger partial charge in [-0.05, 0) is 13.8 Å². The molecule has 0 bridgehead atoms. The number of nitrogens with two attached hydrogens (primary N) is 4. The van der Waals surface area contributed by atoms with E-state index in [0.717, 1.165) is 0 Å². The molecule has 8 aromatic heterocycles. The summed E-state index contributed by atoms with van der Waals surface area (Å²) in [6.07, 6.45) is -3.18. The zero-order chi connectivity index (χ0) is 62.4. The second-order valence-electron chi connectivity index (χ2n) is 18.6. The molecule has 11 rings (SSSR count). The van der Waals surface area contributed by atoms with Crippen molar-refractivity contribution in [2.45, 2.75) is 94.9 Å². The van der Waals surface area contributed by atoms with Gasteiger partial charge in [-0.2, -0.15) is 40.1 Å². The van der Waals surface area contributed by atoms with Crippen molar-refractivity contribution in [2.24, 2.45) is 11.8 Å². The summed E-state index contributed by atoms with van der Waals surface area (Å²) in [7, 11) is 1.50. The molecule has 1 amide bonds. The van der Waals surface area contributed by atoms with Crippen molar-refractivity contribution < 1.29 is 88.9 Å². The standard InChI is InChI=1S/C15H18N8O5.C15H17N7O5.C10H15N7O4.C6H8O4.CH4/c1-17-13(27)6-2-19-23(3-6)15-20-11(16)8-12(21-15)22(5-18-8)14-10(26)9(25)7(4-24)28-14;1-6(24)7-2-18-22(3-7)15-19-12(16)9-13(20-15)21(5-17-9)14-11(26)10(25)8(4-23)27-14;11-7-4-8(15-10(14-7)16-12)17(2-13-4)9-6(20)5(19)3(1-18)21-9;1-2-10-6(9)5(3-7)4-8;/h2-3,5,7,9-10,14,24-26H,4H2,1H3,(H,17,27)(H2,16,20,21);2-3,5,8,10-11,14,23,25-26H,4H2,1H3,(H2,16,19,20);2-3,5-6,9,18-20H,1,12H2,(H3,11,14,15,16);3-5H,2H2,1H3;1H4/t7-,9-,10-,14?;8-,10-,11-,14?;3-,5-,6-,9?;;/m111../s1. The number of hydrazine groups is 1. The molecule has 3 unspecified atom stereocenters. The molecular formula is C47H62N22O18. The van der Waals surface area contributed by atoms with Crippen LogP contribution in [0.4, 0.5) is 23.4 Å². The first kappa shape index (κ1) is 65.2. The summed E-state index contributed by atoms with van der Waals surface area (Å²) < 4.78 is 27.6. The first-order chi connectivity index (χ1) is 41.2. The van der Waals surface area contributed by atoms with E-state index in [1.54, 1.807) is 6.92 Å². The number of imidazole rings is 3. The smallest absolute Gasteiger partial charge is 0.323 e. The number of hydrogen-bond donors (Lipinski definition) is 15. The van der Waals surface area contributed by atoms with E-state index < -0.39 is 105 Å². The van der Waals surface area contributed by atoms with Gasteiger partial charge in [0, 0.05) is 19.4 Å². The molecule has 8 aromatic rings. The molecule has 0 saturated carbocycles. The number of hydrogen-bond acceptors (Lipinski definition) is 34. The minimum atomic E-state index is -1.31. The number of nitrogens with one attached hydrogen (secondary N) is 2. The van der Waals surface area contributed by atoms with Gasteiger partial charge in [0.2, 0.25) is 5.95 Å². The van der Waals surface area contributed by atoms with Gasteiger partial charge in [0.25, 0.3) is 17.8 Å². The van der Waals surface area contributed by atoms with Crippen LogP contribution in [0.1, 0.15) is 60.7 Å². The lowest BCUT2D eigenvalue weighted by atomic mass is 10.1. The average molecular weight is 1220 g/mol. The third-order valence-electron chi connectivity index (χ3n) is 13.1. The summed E-state index contributed by atoms with van der Waals surface area (Å²) >= 11 is 0. The van der Waals surface area contributed by atoms with Crippen LogP contribution in [0.2, 0.25) is 0 Å². The van der Waals surface area contributed by atoms with Gasteiger partial charge in [0.05, 0.1) is 68.9 Å². The Balaban J connectivity index is 0.000000173. The molecule has 0 radical (unpaired) electrons. The summed E-state index contributed by atoms with van der Waals surface area (Å²) in [5, 5.41) is 98.5. The molecule has 3 fully saturated rings. The van der Waals surface area contributed by atoms with Gasteiger partial charge in [0.1, 0.15) is 84.1 Å². The van der Waals surface area contributed by atoms with Crippen LogP contribution in [0.5, 0.6) is 0 Å². The molecule has 11 heterocycles. The molecule has 3 aliphatic heterocycles. The normalized spacial score (nSPS) is 23.9. The summed E-state index contributed by atoms with van der Waals surface area (Å²) in [5.41, 5.74) is 22.2. The Kier molecular flexibility index (Phi) is 20.9. The third kappa shape index (κ3) is 13.1. The van der Waals surface area contributed by atoms with Crippen molar-refractivity contribution >= 4 is 87.1 Å². The Labute approximate surface area is 487 Å². The number of rotatable bonds is 15. The van der Waals surface area contributed by atoms with Crippen LogP contribution in [0.25, 0.3) is 45.4 Å². The van der Waals surface area contributed by atoms with Crippen LogP contribution in [0.3, 0.4) is 0 Å². The third-order valence-corrected chi connectivity index (χ3v) is 13.1. The van der Waals surface area contributed by atoms with Crippen LogP contribution in [0.15, 0.2) is 43.8 Å². The minimum absolute atomic E-state index is 0. The zero-order valence-corrected chi connectivity index (χ0v) is 45.2. The molecule has 0 spiro atoms. The van der Waals surface area contributed by atoms with E-state index in [1.165, 1.54) is 80.8 Å². The molecule has 40 nitrogen and oxygen atoms in total. The maximum Gasteiger partial charge on any atom is 0.323 e. The van der Waals surface area contributed by atoms with E-state index >= 15 is 0 Å². The van der Waals surface area contributed by atoms with E-state index in [4.69, 9.17) is 42.4 Å². The second-order valence-corrected chi connectivity index (χ2v) is 18.6. The van der Waals surface area contributed by atoms with Gasteiger partial charge in [-0.3, -0.25) is 33.5 Å². The van der Waals surface area contributed by atoms with E-state index in [0.29, 0.717) is 16.6 Å². The van der Waals surface area contributed by atoms with Crippen LogP contribution >= 0.6 is 0 Å². The quantitative estimate of drug-likeness (QED) is 0.0113. The van der Waals surface area contributed by atoms with Crippen LogP contribution in [-0.2, 0) is 33.3 Å². The number of aromatic nitrogens is 16. The average Bonchev–Trinajstić information content (AvgIpc) is 1.81. The van der Waals surface area contributed by atoms with Gasteiger partial charge < -0.3 is 97.0 Å². The molecule has 12 atom stereocenters. The lowest BCUT2D eigenvalue weighted by molar-refractivity contribution is -0.150. The van der Waals surface area contributed by atoms with Crippen LogP contribution in [-0.4, -0.2) is 243 Å². The molecule has 0 aromatic carbocycles. The summed E-state index contributed by atoms with van der Waals surface area (Å²) in [6, 6.07) is 0. The van der Waals surface area contributed by atoms with Crippen molar-refractivity contribution in [2.75, 3.05) is 56.1 Å². The van der Waals surface area contributed by atoms with Crippen molar-refractivity contribution in [3.63, 3.8) is 0 Å². The van der Waals surface area contributed by atoms with Gasteiger partial charge in [-0.1, -0.05) is 7.43 Å². The number of amides is 1. The number of fused-ring (bicyclic) bond motifs is 3. The lowest BCUT2D eigenvalue weighted by Crippen LogP contribution is -2.33. The fourth-order valence-corrected chi connectivity index (χ4v) is 8.64. The van der Waals surface area contributed by atoms with Gasteiger partial charge in [-0.25, -0.2) is 30.2 Å². The SMILES string of the molecule is C.CC(=O)c1cnn(-c2nc(N)c3ncn(C4O[C@H](CO)[C@@H](O)[C@H]4O)c3n2)c1.CCOC(=O)C(C=O)C=O.CNC(=O)c1cnn(-c2nc(N)c3ncn(C4O[C@H](CO)[C@@H](O)[C@H]4O)c3n2)c1.NNc1nc(N)c2ncn(C3O[C@H](CO)[C@@H](O)[C@H]3O)c2n1. The molecule has 0 aliphatic carbocycles. The van der Waals surface area contributed by atoms with Crippen molar-refractivity contribution in [1.82, 2.24) is 83.4 Å². The molecule has 19 N–H and O–H groups in total. The summed E-state index contributed by atoms with van der Waals surface area (Å²) in [4.78, 5) is 90.9. The number of carbonyl (C=O) groups is 5. The van der Waals surface area contributed by atoms with E-state index in [9.17, 15) is 64.8 Å². The number of ketones is 1. The number of ether oxygens (including phenoxy) is 4. The highest BCUT2D eigenvalue weighted by atomic mass is 16.6.